The molecule has 1 aliphatic carbocycles. The van der Waals surface area contributed by atoms with E-state index in [9.17, 15) is 0 Å². The smallest absolute Gasteiger partial charge is 0.174 e. The molecule has 5 atom stereocenters. The van der Waals surface area contributed by atoms with Crippen molar-refractivity contribution in [1.29, 1.82) is 0 Å². The monoisotopic (exact) mass is 598 g/mol. The maximum absolute atomic E-state index is 6.89. The lowest BCUT2D eigenvalue weighted by Gasteiger charge is -2.58. The lowest BCUT2D eigenvalue weighted by Crippen LogP contribution is -2.65. The normalized spacial score (nSPS) is 24.6. The van der Waals surface area contributed by atoms with E-state index in [1.807, 2.05) is 67.6 Å². The first-order valence-corrected chi connectivity index (χ1v) is 15.5. The Labute approximate surface area is 259 Å². The number of benzene rings is 4. The van der Waals surface area contributed by atoms with E-state index in [1.165, 1.54) is 0 Å². The predicted octanol–water partition coefficient (Wildman–Crippen LogP) is 8.32. The van der Waals surface area contributed by atoms with Crippen LogP contribution in [0.1, 0.15) is 53.7 Å². The van der Waals surface area contributed by atoms with E-state index >= 15 is 0 Å². The van der Waals surface area contributed by atoms with Crippen LogP contribution in [0.5, 0.6) is 5.75 Å². The van der Waals surface area contributed by atoms with Crippen molar-refractivity contribution in [3.63, 3.8) is 0 Å². The Hall–Kier alpha value is -3.19. The van der Waals surface area contributed by atoms with E-state index in [2.05, 4.69) is 42.5 Å². The summed E-state index contributed by atoms with van der Waals surface area (Å²) >= 11 is 6.76. The lowest BCUT2D eigenvalue weighted by atomic mass is 9.69. The molecule has 0 bridgehead atoms. The largest absolute Gasteiger partial charge is 0.494 e. The molecule has 0 aromatic heterocycles. The fourth-order valence-electron chi connectivity index (χ4n) is 6.27. The van der Waals surface area contributed by atoms with Crippen LogP contribution in [0.2, 0.25) is 5.02 Å². The van der Waals surface area contributed by atoms with E-state index in [0.29, 0.717) is 26.2 Å². The van der Waals surface area contributed by atoms with Gasteiger partial charge in [0.05, 0.1) is 25.9 Å². The van der Waals surface area contributed by atoms with Crippen molar-refractivity contribution in [2.24, 2.45) is 5.92 Å². The second kappa shape index (κ2) is 13.6. The molecule has 43 heavy (non-hydrogen) atoms. The summed E-state index contributed by atoms with van der Waals surface area (Å²) < 4.78 is 32.1. The summed E-state index contributed by atoms with van der Waals surface area (Å²) in [5, 5.41) is 0.718. The Bertz CT molecular complexity index is 1460. The van der Waals surface area contributed by atoms with E-state index in [-0.39, 0.29) is 18.1 Å². The molecular formula is C37H39ClO5. The number of ether oxygens (including phenoxy) is 5. The Morgan fingerprint density at radius 3 is 2.02 bits per heavy atom. The highest BCUT2D eigenvalue weighted by atomic mass is 35.5. The highest BCUT2D eigenvalue weighted by Gasteiger charge is 2.61. The molecule has 4 aromatic carbocycles. The molecule has 1 saturated carbocycles. The summed E-state index contributed by atoms with van der Waals surface area (Å²) in [6.45, 7) is 3.57. The predicted molar refractivity (Wildman–Crippen MR) is 168 cm³/mol. The standard InChI is InChI=1S/C37H39ClO5/c1-3-40-31-17-14-26(15-18-31)22-30-23-29(16-19-33(30)38)34-36(42-25-28-12-8-5-9-13-28)35(32-20-21-37(32,39-2)43-34)41-24-27-10-6-4-7-11-27/h4-19,23,32,34-36H,3,20-22,24-25H2,1-2H3/t32-,34+,35+,36+,37-/m1/s1. The minimum Gasteiger partial charge on any atom is -0.494 e. The number of hydrogen-bond donors (Lipinski definition) is 0. The average molecular weight is 599 g/mol. The molecule has 1 aliphatic heterocycles. The molecule has 4 aromatic rings. The van der Waals surface area contributed by atoms with Crippen LogP contribution in [-0.4, -0.2) is 31.7 Å². The Morgan fingerprint density at radius 2 is 1.44 bits per heavy atom. The topological polar surface area (TPSA) is 46.2 Å². The quantitative estimate of drug-likeness (QED) is 0.164. The Kier molecular flexibility index (Phi) is 9.46. The molecule has 6 rings (SSSR count). The van der Waals surface area contributed by atoms with Gasteiger partial charge in [-0.15, -0.1) is 0 Å². The lowest BCUT2D eigenvalue weighted by molar-refractivity contribution is -0.390. The van der Waals surface area contributed by atoms with Crippen molar-refractivity contribution in [2.75, 3.05) is 13.7 Å². The minimum absolute atomic E-state index is 0.0638. The third kappa shape index (κ3) is 6.67. The van der Waals surface area contributed by atoms with Gasteiger partial charge in [0, 0.05) is 24.5 Å². The summed E-state index contributed by atoms with van der Waals surface area (Å²) in [6, 6.07) is 34.9. The van der Waals surface area contributed by atoms with Crippen molar-refractivity contribution >= 4 is 11.6 Å². The SMILES string of the molecule is CCOc1ccc(Cc2cc([C@@H]3O[C@]4(OC)CC[C@@H]4[C@H](OCc4ccccc4)[C@H]3OCc3ccccc3)ccc2Cl)cc1. The second-order valence-corrected chi connectivity index (χ2v) is 11.7. The zero-order chi connectivity index (χ0) is 29.6. The number of fused-ring (bicyclic) bond motifs is 1. The molecule has 1 heterocycles. The first-order valence-electron chi connectivity index (χ1n) is 15.1. The molecular weight excluding hydrogens is 560 g/mol. The van der Waals surface area contributed by atoms with Crippen LogP contribution in [0.4, 0.5) is 0 Å². The van der Waals surface area contributed by atoms with Crippen LogP contribution in [0, 0.1) is 5.92 Å². The number of hydrogen-bond acceptors (Lipinski definition) is 5. The van der Waals surface area contributed by atoms with Crippen molar-refractivity contribution < 1.29 is 23.7 Å². The number of rotatable bonds is 12. The molecule has 0 radical (unpaired) electrons. The molecule has 224 valence electrons. The van der Waals surface area contributed by atoms with Gasteiger partial charge in [-0.25, -0.2) is 0 Å². The molecule has 2 fully saturated rings. The molecule has 5 nitrogen and oxygen atoms in total. The highest BCUT2D eigenvalue weighted by molar-refractivity contribution is 6.31. The maximum atomic E-state index is 6.89. The minimum atomic E-state index is -0.715. The van der Waals surface area contributed by atoms with Crippen molar-refractivity contribution in [3.05, 3.63) is 136 Å². The summed E-state index contributed by atoms with van der Waals surface area (Å²) in [5.74, 6) is 0.212. The van der Waals surface area contributed by atoms with Crippen molar-refractivity contribution in [2.45, 2.75) is 63.5 Å². The van der Waals surface area contributed by atoms with Crippen LogP contribution in [0.3, 0.4) is 0 Å². The first kappa shape index (κ1) is 29.9. The van der Waals surface area contributed by atoms with Gasteiger partial charge in [-0.05, 0) is 65.8 Å². The van der Waals surface area contributed by atoms with Crippen molar-refractivity contribution in [3.8, 4) is 5.75 Å². The fraction of sp³-hybridized carbons (Fsp3) is 0.351. The molecule has 0 unspecified atom stereocenters. The number of methoxy groups -OCH3 is 1. The van der Waals surface area contributed by atoms with Gasteiger partial charge in [-0.1, -0.05) is 96.5 Å². The Balaban J connectivity index is 1.32. The van der Waals surface area contributed by atoms with E-state index in [0.717, 1.165) is 51.4 Å². The van der Waals surface area contributed by atoms with Gasteiger partial charge >= 0.3 is 0 Å². The first-order chi connectivity index (χ1) is 21.1. The molecule has 0 spiro atoms. The van der Waals surface area contributed by atoms with Crippen LogP contribution < -0.4 is 4.74 Å². The van der Waals surface area contributed by atoms with E-state index in [4.69, 9.17) is 35.3 Å². The molecule has 0 N–H and O–H groups in total. The average Bonchev–Trinajstić information content (AvgIpc) is 3.03. The van der Waals surface area contributed by atoms with Crippen LogP contribution >= 0.6 is 11.6 Å². The van der Waals surface area contributed by atoms with Gasteiger partial charge in [0.1, 0.15) is 18.0 Å². The van der Waals surface area contributed by atoms with E-state index in [1.54, 1.807) is 7.11 Å². The van der Waals surface area contributed by atoms with Gasteiger partial charge in [-0.3, -0.25) is 0 Å². The van der Waals surface area contributed by atoms with Crippen LogP contribution in [0.25, 0.3) is 0 Å². The van der Waals surface area contributed by atoms with Gasteiger partial charge in [0.2, 0.25) is 0 Å². The third-order valence-corrected chi connectivity index (χ3v) is 9.03. The summed E-state index contributed by atoms with van der Waals surface area (Å²) in [4.78, 5) is 0. The molecule has 0 amide bonds. The highest BCUT2D eigenvalue weighted by Crippen LogP contribution is 2.55. The van der Waals surface area contributed by atoms with Gasteiger partial charge in [0.25, 0.3) is 0 Å². The van der Waals surface area contributed by atoms with Gasteiger partial charge in [0.15, 0.2) is 5.79 Å². The van der Waals surface area contributed by atoms with Crippen molar-refractivity contribution in [1.82, 2.24) is 0 Å². The summed E-state index contributed by atoms with van der Waals surface area (Å²) in [7, 11) is 1.74. The van der Waals surface area contributed by atoms with Crippen LogP contribution in [0.15, 0.2) is 103 Å². The second-order valence-electron chi connectivity index (χ2n) is 11.3. The molecule has 6 heteroatoms. The number of halogens is 1. The molecule has 1 saturated heterocycles. The zero-order valence-corrected chi connectivity index (χ0v) is 25.5. The maximum Gasteiger partial charge on any atom is 0.174 e. The van der Waals surface area contributed by atoms with Gasteiger partial charge < -0.3 is 23.7 Å². The Morgan fingerprint density at radius 1 is 0.791 bits per heavy atom. The van der Waals surface area contributed by atoms with E-state index < -0.39 is 11.9 Å². The zero-order valence-electron chi connectivity index (χ0n) is 24.8. The fourth-order valence-corrected chi connectivity index (χ4v) is 6.46. The summed E-state index contributed by atoms with van der Waals surface area (Å²) in [5.41, 5.74) is 5.41. The molecule has 2 aliphatic rings. The van der Waals surface area contributed by atoms with Crippen LogP contribution in [-0.2, 0) is 38.6 Å². The third-order valence-electron chi connectivity index (χ3n) is 8.66. The van der Waals surface area contributed by atoms with Gasteiger partial charge in [-0.2, -0.15) is 0 Å². The summed E-state index contributed by atoms with van der Waals surface area (Å²) in [6.07, 6.45) is 1.48.